The van der Waals surface area contributed by atoms with Gasteiger partial charge in [0.05, 0.1) is 11.7 Å². The van der Waals surface area contributed by atoms with Gasteiger partial charge in [0.15, 0.2) is 0 Å². The molecule has 1 aliphatic heterocycles. The van der Waals surface area contributed by atoms with Gasteiger partial charge in [-0.3, -0.25) is 14.3 Å². The molecule has 0 bridgehead atoms. The van der Waals surface area contributed by atoms with E-state index in [2.05, 4.69) is 0 Å². The molecule has 0 spiro atoms. The summed E-state index contributed by atoms with van der Waals surface area (Å²) >= 11 is 0. The molecule has 0 fully saturated rings. The molecule has 3 aromatic carbocycles. The zero-order chi connectivity index (χ0) is 23.5. The van der Waals surface area contributed by atoms with Crippen molar-refractivity contribution < 1.29 is 18.7 Å². The van der Waals surface area contributed by atoms with E-state index in [1.807, 2.05) is 54.6 Å². The molecule has 1 amide bonds. The summed E-state index contributed by atoms with van der Waals surface area (Å²) in [5, 5.41) is 0. The molecule has 0 radical (unpaired) electrons. The number of benzene rings is 3. The minimum Gasteiger partial charge on any atom is -0.444 e. The van der Waals surface area contributed by atoms with Crippen LogP contribution in [0.5, 0.6) is 0 Å². The van der Waals surface area contributed by atoms with Gasteiger partial charge < -0.3 is 4.74 Å². The van der Waals surface area contributed by atoms with Gasteiger partial charge in [0.1, 0.15) is 12.4 Å². The average molecular weight is 452 g/mol. The molecule has 168 valence electrons. The fraction of sp³-hybridized carbons (Fsp3) is 0.0714. The molecule has 6 heteroatoms. The number of hydrogen-bond acceptors (Lipinski definition) is 3. The summed E-state index contributed by atoms with van der Waals surface area (Å²) in [7, 11) is 0. The molecule has 34 heavy (non-hydrogen) atoms. The molecule has 0 aliphatic carbocycles. The lowest BCUT2D eigenvalue weighted by Gasteiger charge is -2.36. The summed E-state index contributed by atoms with van der Waals surface area (Å²) in [6.07, 6.45) is 4.50. The Morgan fingerprint density at radius 3 is 2.24 bits per heavy atom. The topological polar surface area (TPSA) is 51.5 Å². The number of rotatable bonds is 4. The van der Waals surface area contributed by atoms with Crippen molar-refractivity contribution in [2.45, 2.75) is 12.6 Å². The SMILES string of the molecule is O=C(OCc1ccccc1)N1c2ccccc2C=C(C(=O)n2cccc2)C1c1ccc(F)cc1. The van der Waals surface area contributed by atoms with Crippen LogP contribution < -0.4 is 4.90 Å². The van der Waals surface area contributed by atoms with Gasteiger partial charge in [-0.2, -0.15) is 0 Å². The summed E-state index contributed by atoms with van der Waals surface area (Å²) in [6, 6.07) is 25.2. The highest BCUT2D eigenvalue weighted by Gasteiger charge is 2.38. The van der Waals surface area contributed by atoms with Crippen LogP contribution in [0.1, 0.15) is 27.5 Å². The monoisotopic (exact) mass is 452 g/mol. The number of para-hydroxylation sites is 1. The molecule has 1 aliphatic rings. The molecular formula is C28H21FN2O3. The molecule has 5 nitrogen and oxygen atoms in total. The Labute approximate surface area is 196 Å². The van der Waals surface area contributed by atoms with Crippen molar-refractivity contribution in [3.05, 3.63) is 131 Å². The van der Waals surface area contributed by atoms with E-state index in [4.69, 9.17) is 4.74 Å². The van der Waals surface area contributed by atoms with Crippen LogP contribution in [0.4, 0.5) is 14.9 Å². The number of amides is 1. The first-order valence-corrected chi connectivity index (χ1v) is 10.9. The van der Waals surface area contributed by atoms with Crippen LogP contribution in [-0.2, 0) is 11.3 Å². The van der Waals surface area contributed by atoms with E-state index in [0.29, 0.717) is 22.4 Å². The lowest BCUT2D eigenvalue weighted by molar-refractivity contribution is 0.0948. The van der Waals surface area contributed by atoms with Crippen molar-refractivity contribution in [2.24, 2.45) is 0 Å². The largest absolute Gasteiger partial charge is 0.444 e. The molecule has 0 saturated heterocycles. The second-order valence-corrected chi connectivity index (χ2v) is 7.92. The summed E-state index contributed by atoms with van der Waals surface area (Å²) in [6.45, 7) is 0.0824. The van der Waals surface area contributed by atoms with Gasteiger partial charge in [0.2, 0.25) is 0 Å². The number of nitrogens with zero attached hydrogens (tertiary/aromatic N) is 2. The van der Waals surface area contributed by atoms with Gasteiger partial charge in [0.25, 0.3) is 5.91 Å². The van der Waals surface area contributed by atoms with Crippen LogP contribution in [0, 0.1) is 5.82 Å². The Morgan fingerprint density at radius 1 is 0.824 bits per heavy atom. The van der Waals surface area contributed by atoms with Crippen molar-refractivity contribution in [3.8, 4) is 0 Å². The summed E-state index contributed by atoms with van der Waals surface area (Å²) < 4.78 is 20.9. The van der Waals surface area contributed by atoms with Crippen molar-refractivity contribution >= 4 is 23.8 Å². The van der Waals surface area contributed by atoms with E-state index in [1.54, 1.807) is 42.7 Å². The molecule has 1 aromatic heterocycles. The third kappa shape index (κ3) is 4.13. The maximum atomic E-state index is 13.7. The predicted octanol–water partition coefficient (Wildman–Crippen LogP) is 6.25. The fourth-order valence-electron chi connectivity index (χ4n) is 4.12. The van der Waals surface area contributed by atoms with Crippen molar-refractivity contribution in [3.63, 3.8) is 0 Å². The van der Waals surface area contributed by atoms with E-state index >= 15 is 0 Å². The second kappa shape index (κ2) is 9.19. The Hall–Kier alpha value is -4.45. The Bertz CT molecular complexity index is 1350. The van der Waals surface area contributed by atoms with Crippen LogP contribution >= 0.6 is 0 Å². The zero-order valence-corrected chi connectivity index (χ0v) is 18.2. The highest BCUT2D eigenvalue weighted by atomic mass is 19.1. The van der Waals surface area contributed by atoms with Crippen molar-refractivity contribution in [1.82, 2.24) is 4.57 Å². The van der Waals surface area contributed by atoms with Crippen molar-refractivity contribution in [2.75, 3.05) is 4.90 Å². The molecule has 1 unspecified atom stereocenters. The van der Waals surface area contributed by atoms with Gasteiger partial charge in [-0.1, -0.05) is 60.7 Å². The first kappa shape index (κ1) is 21.4. The first-order valence-electron chi connectivity index (χ1n) is 10.9. The number of carbonyl (C=O) groups excluding carboxylic acids is 2. The number of fused-ring (bicyclic) bond motifs is 1. The van der Waals surface area contributed by atoms with E-state index in [1.165, 1.54) is 21.6 Å². The van der Waals surface area contributed by atoms with Crippen molar-refractivity contribution in [1.29, 1.82) is 0 Å². The third-order valence-electron chi connectivity index (χ3n) is 5.73. The lowest BCUT2D eigenvalue weighted by Crippen LogP contribution is -2.40. The average Bonchev–Trinajstić information content (AvgIpc) is 3.42. The van der Waals surface area contributed by atoms with Gasteiger partial charge in [-0.25, -0.2) is 9.18 Å². The number of carbonyl (C=O) groups is 2. The van der Waals surface area contributed by atoms with E-state index < -0.39 is 18.0 Å². The Morgan fingerprint density at radius 2 is 1.50 bits per heavy atom. The van der Waals surface area contributed by atoms with Crippen LogP contribution in [-0.4, -0.2) is 16.6 Å². The first-order chi connectivity index (χ1) is 16.6. The minimum atomic E-state index is -0.798. The van der Waals surface area contributed by atoms with Gasteiger partial charge in [-0.05, 0) is 53.1 Å². The van der Waals surface area contributed by atoms with E-state index in [0.717, 1.165) is 5.56 Å². The van der Waals surface area contributed by atoms with Crippen LogP contribution in [0.15, 0.2) is 109 Å². The second-order valence-electron chi connectivity index (χ2n) is 7.92. The third-order valence-corrected chi connectivity index (χ3v) is 5.73. The number of ether oxygens (including phenoxy) is 1. The minimum absolute atomic E-state index is 0.0824. The molecule has 1 atom stereocenters. The number of hydrogen-bond donors (Lipinski definition) is 0. The van der Waals surface area contributed by atoms with Crippen LogP contribution in [0.2, 0.25) is 0 Å². The lowest BCUT2D eigenvalue weighted by atomic mass is 9.90. The molecule has 2 heterocycles. The standard InChI is InChI=1S/C28H21FN2O3/c29-23-14-12-21(13-15-23)26-24(27(32)30-16-6-7-17-30)18-22-10-4-5-11-25(22)31(26)28(33)34-19-20-8-2-1-3-9-20/h1-18,26H,19H2. The van der Waals surface area contributed by atoms with Gasteiger partial charge >= 0.3 is 6.09 Å². The molecule has 0 N–H and O–H groups in total. The highest BCUT2D eigenvalue weighted by Crippen LogP contribution is 2.42. The predicted molar refractivity (Wildman–Crippen MR) is 128 cm³/mol. The van der Waals surface area contributed by atoms with Gasteiger partial charge in [0, 0.05) is 18.0 Å². The zero-order valence-electron chi connectivity index (χ0n) is 18.2. The van der Waals surface area contributed by atoms with Gasteiger partial charge in [-0.15, -0.1) is 0 Å². The van der Waals surface area contributed by atoms with Crippen LogP contribution in [0.25, 0.3) is 6.08 Å². The maximum absolute atomic E-state index is 13.7. The summed E-state index contributed by atoms with van der Waals surface area (Å²) in [5.74, 6) is -0.685. The molecular weight excluding hydrogens is 431 g/mol. The quantitative estimate of drug-likeness (QED) is 0.368. The normalized spacial score (nSPS) is 14.8. The number of anilines is 1. The Balaban J connectivity index is 1.60. The summed E-state index contributed by atoms with van der Waals surface area (Å²) in [4.78, 5) is 28.5. The van der Waals surface area contributed by atoms with E-state index in [9.17, 15) is 14.0 Å². The molecule has 0 saturated carbocycles. The van der Waals surface area contributed by atoms with E-state index in [-0.39, 0.29) is 12.5 Å². The smallest absolute Gasteiger partial charge is 0.415 e. The Kier molecular flexibility index (Phi) is 5.79. The number of aromatic nitrogens is 1. The fourth-order valence-corrected chi connectivity index (χ4v) is 4.12. The molecule has 4 aromatic rings. The summed E-state index contributed by atoms with van der Waals surface area (Å²) in [5.41, 5.74) is 3.14. The number of halogens is 1. The highest BCUT2D eigenvalue weighted by molar-refractivity contribution is 6.07. The molecule has 5 rings (SSSR count). The maximum Gasteiger partial charge on any atom is 0.415 e. The van der Waals surface area contributed by atoms with Crippen LogP contribution in [0.3, 0.4) is 0 Å².